The summed E-state index contributed by atoms with van der Waals surface area (Å²) in [6.07, 6.45) is -2.40. The molecule has 1 N–H and O–H groups in total. The summed E-state index contributed by atoms with van der Waals surface area (Å²) < 4.78 is 57.4. The molecular weight excluding hydrogens is 185 g/mol. The van der Waals surface area contributed by atoms with E-state index in [4.69, 9.17) is 4.55 Å². The minimum atomic E-state index is -3.71. The molecule has 0 bridgehead atoms. The largest absolute Gasteiger partial charge is 0.302 e. The highest BCUT2D eigenvalue weighted by Gasteiger charge is 2.37. The molecule has 0 aromatic heterocycles. The molecule has 0 aromatic rings. The van der Waals surface area contributed by atoms with E-state index < -0.39 is 30.1 Å². The van der Waals surface area contributed by atoms with E-state index in [2.05, 4.69) is 4.18 Å². The van der Waals surface area contributed by atoms with Crippen LogP contribution in [0.1, 0.15) is 6.92 Å². The molecule has 0 spiro atoms. The molecule has 0 heterocycles. The smallest absolute Gasteiger partial charge is 0.284 e. The van der Waals surface area contributed by atoms with Gasteiger partial charge in [0.25, 0.3) is 0 Å². The van der Waals surface area contributed by atoms with Crippen LogP contribution in [-0.4, -0.2) is 27.5 Å². The van der Waals surface area contributed by atoms with Gasteiger partial charge in [0, 0.05) is 0 Å². The minimum Gasteiger partial charge on any atom is -0.284 e. The van der Waals surface area contributed by atoms with Gasteiger partial charge < -0.3 is 0 Å². The molecule has 11 heavy (non-hydrogen) atoms. The number of hydrogen-bond donors (Lipinski definition) is 1. The Morgan fingerprint density at radius 2 is 2.18 bits per heavy atom. The molecule has 2 unspecified atom stereocenters. The maximum absolute atomic E-state index is 12.2. The summed E-state index contributed by atoms with van der Waals surface area (Å²) >= 11 is -2.78. The Labute approximate surface area is 64.0 Å². The topological polar surface area (TPSA) is 46.5 Å². The van der Waals surface area contributed by atoms with Gasteiger partial charge in [-0.2, -0.15) is 4.21 Å². The standard InChI is InChI=1S/C4H7F3O3S/c1-3(5)4(6,7)2-10-11(8)9/h3H,2H2,1H3,(H,8,9). The molecule has 0 rings (SSSR count). The first kappa shape index (κ1) is 10.9. The van der Waals surface area contributed by atoms with E-state index in [1.165, 1.54) is 0 Å². The molecule has 0 aliphatic carbocycles. The Morgan fingerprint density at radius 3 is 2.45 bits per heavy atom. The van der Waals surface area contributed by atoms with Crippen LogP contribution in [0.25, 0.3) is 0 Å². The molecule has 0 aliphatic heterocycles. The zero-order valence-corrected chi connectivity index (χ0v) is 6.41. The summed E-state index contributed by atoms with van der Waals surface area (Å²) in [5.41, 5.74) is 0. The minimum absolute atomic E-state index is 0.643. The number of hydrogen-bond acceptors (Lipinski definition) is 2. The second-order valence-corrected chi connectivity index (χ2v) is 2.53. The number of rotatable bonds is 4. The number of alkyl halides is 3. The fourth-order valence-corrected chi connectivity index (χ4v) is 0.502. The third kappa shape index (κ3) is 4.33. The van der Waals surface area contributed by atoms with Crippen LogP contribution >= 0.6 is 0 Å². The molecule has 2 atom stereocenters. The molecule has 0 saturated heterocycles. The fraction of sp³-hybridized carbons (Fsp3) is 1.00. The van der Waals surface area contributed by atoms with Gasteiger partial charge >= 0.3 is 17.3 Å². The fourth-order valence-electron chi connectivity index (χ4n) is 0.244. The summed E-state index contributed by atoms with van der Waals surface area (Å²) in [5, 5.41) is 0. The van der Waals surface area contributed by atoms with Gasteiger partial charge in [-0.1, -0.05) is 0 Å². The van der Waals surface area contributed by atoms with Crippen molar-refractivity contribution in [3.8, 4) is 0 Å². The van der Waals surface area contributed by atoms with Crippen LogP contribution in [0.15, 0.2) is 0 Å². The first-order valence-corrected chi connectivity index (χ1v) is 3.65. The van der Waals surface area contributed by atoms with E-state index in [-0.39, 0.29) is 0 Å². The van der Waals surface area contributed by atoms with E-state index in [1.807, 2.05) is 0 Å². The SMILES string of the molecule is CC(F)C(F)(F)COS(=O)O. The van der Waals surface area contributed by atoms with Crippen LogP contribution in [0, 0.1) is 0 Å². The zero-order chi connectivity index (χ0) is 9.07. The van der Waals surface area contributed by atoms with Crippen LogP contribution in [0.3, 0.4) is 0 Å². The molecule has 3 nitrogen and oxygen atoms in total. The van der Waals surface area contributed by atoms with Gasteiger partial charge in [0.1, 0.15) is 6.61 Å². The second-order valence-electron chi connectivity index (χ2n) is 1.86. The van der Waals surface area contributed by atoms with Crippen LogP contribution in [0.5, 0.6) is 0 Å². The van der Waals surface area contributed by atoms with Crippen molar-refractivity contribution in [3.05, 3.63) is 0 Å². The summed E-state index contributed by atoms with van der Waals surface area (Å²) in [6.45, 7) is -0.753. The van der Waals surface area contributed by atoms with E-state index in [9.17, 15) is 17.4 Å². The molecule has 0 aromatic carbocycles. The third-order valence-electron chi connectivity index (χ3n) is 0.934. The van der Waals surface area contributed by atoms with Crippen molar-refractivity contribution in [1.29, 1.82) is 0 Å². The predicted molar refractivity (Wildman–Crippen MR) is 32.2 cm³/mol. The van der Waals surface area contributed by atoms with Crippen LogP contribution < -0.4 is 0 Å². The molecular formula is C4H7F3O3S. The van der Waals surface area contributed by atoms with Crippen LogP contribution in [0.4, 0.5) is 13.2 Å². The summed E-state index contributed by atoms with van der Waals surface area (Å²) in [6, 6.07) is 0. The Bertz CT molecular complexity index is 150. The maximum atomic E-state index is 12.2. The second kappa shape index (κ2) is 4.03. The van der Waals surface area contributed by atoms with Crippen molar-refractivity contribution >= 4 is 11.4 Å². The van der Waals surface area contributed by atoms with Gasteiger partial charge in [-0.25, -0.2) is 13.2 Å². The first-order chi connectivity index (χ1) is 4.86. The van der Waals surface area contributed by atoms with Crippen molar-refractivity contribution < 1.29 is 26.1 Å². The summed E-state index contributed by atoms with van der Waals surface area (Å²) in [7, 11) is 0. The van der Waals surface area contributed by atoms with Gasteiger partial charge in [0.2, 0.25) is 0 Å². The van der Waals surface area contributed by atoms with Crippen molar-refractivity contribution in [2.45, 2.75) is 19.0 Å². The lowest BCUT2D eigenvalue weighted by atomic mass is 10.2. The van der Waals surface area contributed by atoms with Crippen molar-refractivity contribution in [3.63, 3.8) is 0 Å². The quantitative estimate of drug-likeness (QED) is 0.679. The van der Waals surface area contributed by atoms with Crippen LogP contribution in [0.2, 0.25) is 0 Å². The highest BCUT2D eigenvalue weighted by molar-refractivity contribution is 7.74. The molecule has 0 aliphatic rings. The van der Waals surface area contributed by atoms with Gasteiger partial charge in [-0.15, -0.1) is 0 Å². The number of halogens is 3. The summed E-state index contributed by atoms with van der Waals surface area (Å²) in [5.74, 6) is -3.71. The first-order valence-electron chi connectivity index (χ1n) is 2.62. The lowest BCUT2D eigenvalue weighted by Crippen LogP contribution is -2.33. The Balaban J connectivity index is 3.82. The normalized spacial score (nSPS) is 17.9. The lowest BCUT2D eigenvalue weighted by molar-refractivity contribution is -0.0931. The van der Waals surface area contributed by atoms with E-state index in [0.717, 1.165) is 0 Å². The van der Waals surface area contributed by atoms with Gasteiger partial charge in [-0.3, -0.25) is 8.74 Å². The van der Waals surface area contributed by atoms with Crippen molar-refractivity contribution in [1.82, 2.24) is 0 Å². The van der Waals surface area contributed by atoms with Gasteiger partial charge in [-0.05, 0) is 6.92 Å². The summed E-state index contributed by atoms with van der Waals surface area (Å²) in [4.78, 5) is 0. The average molecular weight is 192 g/mol. The Kier molecular flexibility index (Phi) is 3.98. The van der Waals surface area contributed by atoms with Gasteiger partial charge in [0.05, 0.1) is 0 Å². The van der Waals surface area contributed by atoms with E-state index in [1.54, 1.807) is 0 Å². The van der Waals surface area contributed by atoms with Crippen molar-refractivity contribution in [2.24, 2.45) is 0 Å². The van der Waals surface area contributed by atoms with Gasteiger partial charge in [0.15, 0.2) is 6.17 Å². The zero-order valence-electron chi connectivity index (χ0n) is 5.59. The molecule has 0 radical (unpaired) electrons. The lowest BCUT2D eigenvalue weighted by Gasteiger charge is -2.15. The monoisotopic (exact) mass is 192 g/mol. The highest BCUT2D eigenvalue weighted by Crippen LogP contribution is 2.21. The third-order valence-corrected chi connectivity index (χ3v) is 1.25. The van der Waals surface area contributed by atoms with E-state index in [0.29, 0.717) is 6.92 Å². The molecule has 0 fully saturated rings. The molecule has 68 valence electrons. The highest BCUT2D eigenvalue weighted by atomic mass is 32.2. The predicted octanol–water partition coefficient (Wildman–Crippen LogP) is 1.13. The Hall–Kier alpha value is -0.140. The van der Waals surface area contributed by atoms with E-state index >= 15 is 0 Å². The van der Waals surface area contributed by atoms with Crippen LogP contribution in [-0.2, 0) is 15.5 Å². The molecule has 0 saturated carbocycles. The Morgan fingerprint density at radius 1 is 1.73 bits per heavy atom. The maximum Gasteiger partial charge on any atom is 0.302 e. The van der Waals surface area contributed by atoms with Crippen molar-refractivity contribution in [2.75, 3.05) is 6.61 Å². The molecule has 0 amide bonds. The molecule has 7 heteroatoms. The average Bonchev–Trinajstić information content (AvgIpc) is 1.84.